The molecule has 0 spiro atoms. The van der Waals surface area contributed by atoms with Crippen molar-refractivity contribution < 1.29 is 17.9 Å². The average molecular weight is 421 g/mol. The lowest BCUT2D eigenvalue weighted by Gasteiger charge is -2.29. The van der Waals surface area contributed by atoms with Gasteiger partial charge in [-0.2, -0.15) is 0 Å². The molecule has 2 saturated heterocycles. The highest BCUT2D eigenvalue weighted by atomic mass is 32.2. The van der Waals surface area contributed by atoms with Crippen LogP contribution in [-0.2, 0) is 14.6 Å². The van der Waals surface area contributed by atoms with Gasteiger partial charge in [-0.3, -0.25) is 9.69 Å². The molecular formula is C20H28N4O4S. The maximum atomic E-state index is 12.7. The van der Waals surface area contributed by atoms with Crippen molar-refractivity contribution in [2.75, 3.05) is 44.4 Å². The van der Waals surface area contributed by atoms with Gasteiger partial charge in [0.25, 0.3) is 5.91 Å². The number of morpholine rings is 1. The van der Waals surface area contributed by atoms with Gasteiger partial charge >= 0.3 is 0 Å². The Kier molecular flexibility index (Phi) is 5.63. The SMILES string of the molecule is Cc1nc2cc(C(=O)N[C@H](C)CN3CCOCC3)ccc2n1[C@@H]1CCS(=O)(=O)C1. The number of sulfone groups is 1. The minimum Gasteiger partial charge on any atom is -0.379 e. The van der Waals surface area contributed by atoms with Crippen LogP contribution in [0.1, 0.15) is 35.6 Å². The quantitative estimate of drug-likeness (QED) is 0.780. The predicted molar refractivity (Wildman–Crippen MR) is 111 cm³/mol. The van der Waals surface area contributed by atoms with Crippen LogP contribution in [0.25, 0.3) is 11.0 Å². The lowest BCUT2D eigenvalue weighted by molar-refractivity contribution is 0.0342. The summed E-state index contributed by atoms with van der Waals surface area (Å²) in [4.78, 5) is 19.6. The summed E-state index contributed by atoms with van der Waals surface area (Å²) in [6.07, 6.45) is 0.607. The van der Waals surface area contributed by atoms with Crippen LogP contribution in [0.15, 0.2) is 18.2 Å². The van der Waals surface area contributed by atoms with Crippen molar-refractivity contribution in [1.82, 2.24) is 19.8 Å². The van der Waals surface area contributed by atoms with Gasteiger partial charge in [0.1, 0.15) is 5.82 Å². The van der Waals surface area contributed by atoms with Crippen LogP contribution < -0.4 is 5.32 Å². The van der Waals surface area contributed by atoms with Crippen molar-refractivity contribution in [2.24, 2.45) is 0 Å². The molecule has 8 nitrogen and oxygen atoms in total. The molecule has 2 fully saturated rings. The Labute approximate surface area is 171 Å². The zero-order valence-corrected chi connectivity index (χ0v) is 17.7. The van der Waals surface area contributed by atoms with Crippen LogP contribution in [0.4, 0.5) is 0 Å². The van der Waals surface area contributed by atoms with Gasteiger partial charge in [0.2, 0.25) is 0 Å². The number of carbonyl (C=O) groups is 1. The van der Waals surface area contributed by atoms with Gasteiger partial charge in [-0.15, -0.1) is 0 Å². The van der Waals surface area contributed by atoms with Crippen LogP contribution in [0.2, 0.25) is 0 Å². The summed E-state index contributed by atoms with van der Waals surface area (Å²) in [6, 6.07) is 5.40. The molecule has 1 aromatic carbocycles. The molecule has 1 N–H and O–H groups in total. The summed E-state index contributed by atoms with van der Waals surface area (Å²) in [5.41, 5.74) is 2.16. The first-order valence-corrected chi connectivity index (χ1v) is 11.9. The van der Waals surface area contributed by atoms with E-state index in [0.717, 1.165) is 49.7 Å². The van der Waals surface area contributed by atoms with E-state index in [1.54, 1.807) is 12.1 Å². The van der Waals surface area contributed by atoms with Gasteiger partial charge in [-0.1, -0.05) is 0 Å². The van der Waals surface area contributed by atoms with Crippen LogP contribution >= 0.6 is 0 Å². The summed E-state index contributed by atoms with van der Waals surface area (Å²) < 4.78 is 31.1. The van der Waals surface area contributed by atoms with Crippen molar-refractivity contribution in [2.45, 2.75) is 32.4 Å². The lowest BCUT2D eigenvalue weighted by Crippen LogP contribution is -2.46. The minimum absolute atomic E-state index is 0.0271. The standard InChI is InChI=1S/C20H28N4O4S/c1-14(12-23-6-8-28-9-7-23)21-20(25)16-3-4-19-18(11-16)22-15(2)24(19)17-5-10-29(26,27)13-17/h3-4,11,14,17H,5-10,12-13H2,1-2H3,(H,21,25)/t14-,17-/m1/s1. The van der Waals surface area contributed by atoms with Crippen molar-refractivity contribution >= 4 is 26.8 Å². The third-order valence-electron chi connectivity index (χ3n) is 5.71. The van der Waals surface area contributed by atoms with E-state index in [0.29, 0.717) is 12.0 Å². The number of rotatable bonds is 5. The van der Waals surface area contributed by atoms with Crippen LogP contribution in [-0.4, -0.2) is 79.2 Å². The molecule has 158 valence electrons. The number of ether oxygens (including phenoxy) is 1. The number of nitrogens with zero attached hydrogens (tertiary/aromatic N) is 3. The topological polar surface area (TPSA) is 93.5 Å². The second kappa shape index (κ2) is 8.04. The Morgan fingerprint density at radius 2 is 2.10 bits per heavy atom. The second-order valence-electron chi connectivity index (χ2n) is 8.08. The van der Waals surface area contributed by atoms with E-state index in [1.165, 1.54) is 0 Å². The highest BCUT2D eigenvalue weighted by Gasteiger charge is 2.31. The summed E-state index contributed by atoms with van der Waals surface area (Å²) in [5.74, 6) is 1.03. The van der Waals surface area contributed by atoms with E-state index >= 15 is 0 Å². The minimum atomic E-state index is -2.98. The molecule has 0 radical (unpaired) electrons. The fraction of sp³-hybridized carbons (Fsp3) is 0.600. The molecule has 2 atom stereocenters. The second-order valence-corrected chi connectivity index (χ2v) is 10.3. The third kappa shape index (κ3) is 4.46. The maximum Gasteiger partial charge on any atom is 0.251 e. The Bertz CT molecular complexity index is 1010. The predicted octanol–water partition coefficient (Wildman–Crippen LogP) is 1.15. The lowest BCUT2D eigenvalue weighted by atomic mass is 10.1. The Hall–Kier alpha value is -1.97. The number of amides is 1. The highest BCUT2D eigenvalue weighted by Crippen LogP contribution is 2.29. The fourth-order valence-electron chi connectivity index (χ4n) is 4.32. The molecule has 9 heteroatoms. The van der Waals surface area contributed by atoms with Crippen LogP contribution in [0.5, 0.6) is 0 Å². The Morgan fingerprint density at radius 3 is 2.79 bits per heavy atom. The summed E-state index contributed by atoms with van der Waals surface area (Å²) in [6.45, 7) is 7.93. The van der Waals surface area contributed by atoms with E-state index in [9.17, 15) is 13.2 Å². The van der Waals surface area contributed by atoms with Crippen LogP contribution in [0.3, 0.4) is 0 Å². The summed E-state index contributed by atoms with van der Waals surface area (Å²) in [7, 11) is -2.98. The molecule has 1 amide bonds. The van der Waals surface area contributed by atoms with E-state index in [2.05, 4.69) is 15.2 Å². The Morgan fingerprint density at radius 1 is 1.34 bits per heavy atom. The maximum absolute atomic E-state index is 12.7. The number of carbonyl (C=O) groups excluding carboxylic acids is 1. The summed E-state index contributed by atoms with van der Waals surface area (Å²) >= 11 is 0. The number of hydrogen-bond acceptors (Lipinski definition) is 6. The fourth-order valence-corrected chi connectivity index (χ4v) is 6.02. The zero-order chi connectivity index (χ0) is 20.6. The molecule has 0 bridgehead atoms. The first-order chi connectivity index (χ1) is 13.8. The monoisotopic (exact) mass is 420 g/mol. The number of benzene rings is 1. The molecule has 3 heterocycles. The van der Waals surface area contributed by atoms with Gasteiger partial charge in [0.05, 0.1) is 41.8 Å². The van der Waals surface area contributed by atoms with Crippen molar-refractivity contribution in [3.63, 3.8) is 0 Å². The van der Waals surface area contributed by atoms with Crippen molar-refractivity contribution in [3.05, 3.63) is 29.6 Å². The van der Waals surface area contributed by atoms with Gasteiger partial charge in [-0.05, 0) is 38.5 Å². The first-order valence-electron chi connectivity index (χ1n) is 10.1. The van der Waals surface area contributed by atoms with Crippen LogP contribution in [0, 0.1) is 6.92 Å². The molecule has 0 unspecified atom stereocenters. The molecule has 0 saturated carbocycles. The van der Waals surface area contributed by atoms with Gasteiger partial charge in [-0.25, -0.2) is 13.4 Å². The molecule has 2 aliphatic rings. The molecule has 4 rings (SSSR count). The van der Waals surface area contributed by atoms with Gasteiger partial charge in [0.15, 0.2) is 9.84 Å². The molecule has 0 aliphatic carbocycles. The van der Waals surface area contributed by atoms with Crippen molar-refractivity contribution in [3.8, 4) is 0 Å². The number of imidazole rings is 1. The number of nitrogens with one attached hydrogen (secondary N) is 1. The number of aromatic nitrogens is 2. The van der Waals surface area contributed by atoms with Gasteiger partial charge < -0.3 is 14.6 Å². The first kappa shape index (κ1) is 20.3. The number of aryl methyl sites for hydroxylation is 1. The van der Waals surface area contributed by atoms with Crippen molar-refractivity contribution in [1.29, 1.82) is 0 Å². The number of hydrogen-bond donors (Lipinski definition) is 1. The largest absolute Gasteiger partial charge is 0.379 e. The molecular weight excluding hydrogens is 392 g/mol. The highest BCUT2D eigenvalue weighted by molar-refractivity contribution is 7.91. The van der Waals surface area contributed by atoms with E-state index in [4.69, 9.17) is 4.74 Å². The molecule has 29 heavy (non-hydrogen) atoms. The zero-order valence-electron chi connectivity index (χ0n) is 16.9. The smallest absolute Gasteiger partial charge is 0.251 e. The normalized spacial score (nSPS) is 23.3. The van der Waals surface area contributed by atoms with E-state index in [1.807, 2.05) is 24.5 Å². The Balaban J connectivity index is 1.48. The summed E-state index contributed by atoms with van der Waals surface area (Å²) in [5, 5.41) is 3.06. The third-order valence-corrected chi connectivity index (χ3v) is 7.47. The molecule has 2 aliphatic heterocycles. The van der Waals surface area contributed by atoms with Gasteiger partial charge in [0, 0.05) is 31.2 Å². The average Bonchev–Trinajstić information content (AvgIpc) is 3.19. The van der Waals surface area contributed by atoms with E-state index < -0.39 is 9.84 Å². The molecule has 2 aromatic rings. The molecule has 1 aromatic heterocycles. The number of fused-ring (bicyclic) bond motifs is 1. The van der Waals surface area contributed by atoms with E-state index in [-0.39, 0.29) is 29.5 Å².